The number of hydrogen-bond donors (Lipinski definition) is 4. The Balaban J connectivity index is 2.46. The maximum Gasteiger partial charge on any atom is 0.174 e. The molecule has 1 fully saturated rings. The third-order valence-corrected chi connectivity index (χ3v) is 1.82. The van der Waals surface area contributed by atoms with Gasteiger partial charge in [0, 0.05) is 6.42 Å². The average Bonchev–Trinajstić information content (AvgIpc) is 1.84. The minimum atomic E-state index is -0.644. The second-order valence-electron chi connectivity index (χ2n) is 2.72. The van der Waals surface area contributed by atoms with Gasteiger partial charge in [-0.2, -0.15) is 0 Å². The van der Waals surface area contributed by atoms with Gasteiger partial charge in [-0.25, -0.2) is 0 Å². The molecule has 0 bridgehead atoms. The first-order valence-electron chi connectivity index (χ1n) is 3.33. The van der Waals surface area contributed by atoms with Crippen molar-refractivity contribution >= 4 is 0 Å². The fourth-order valence-corrected chi connectivity index (χ4v) is 1.07. The summed E-state index contributed by atoms with van der Waals surface area (Å²) in [6, 6.07) is -0.781. The Morgan fingerprint density at radius 2 is 1.50 bits per heavy atom. The standard InChI is InChI=1S/C6H13N2O2/c7-3-1-4(8)6(10)2-5(3)9/h1,3-6,9-10H,2,7-8H2/q+1. The van der Waals surface area contributed by atoms with Crippen LogP contribution in [0.25, 0.3) is 0 Å². The van der Waals surface area contributed by atoms with Crippen LogP contribution in [0.4, 0.5) is 0 Å². The monoisotopic (exact) mass is 145 g/mol. The van der Waals surface area contributed by atoms with Crippen molar-refractivity contribution in [1.82, 2.24) is 0 Å². The number of hydrogen-bond acceptors (Lipinski definition) is 4. The molecule has 4 nitrogen and oxygen atoms in total. The van der Waals surface area contributed by atoms with Crippen LogP contribution in [0, 0.1) is 6.42 Å². The van der Waals surface area contributed by atoms with Crippen molar-refractivity contribution in [1.29, 1.82) is 0 Å². The molecule has 4 heteroatoms. The van der Waals surface area contributed by atoms with E-state index in [1.807, 2.05) is 0 Å². The largest absolute Gasteiger partial charge is 0.387 e. The van der Waals surface area contributed by atoms with Gasteiger partial charge in [0.25, 0.3) is 0 Å². The molecule has 0 aliphatic heterocycles. The summed E-state index contributed by atoms with van der Waals surface area (Å²) < 4.78 is 0. The Labute approximate surface area is 59.8 Å². The smallest absolute Gasteiger partial charge is 0.174 e. The molecule has 4 unspecified atom stereocenters. The molecule has 0 heterocycles. The Hall–Kier alpha value is -0.290. The molecule has 0 aromatic rings. The molecule has 10 heavy (non-hydrogen) atoms. The van der Waals surface area contributed by atoms with Crippen LogP contribution in [0.2, 0.25) is 0 Å². The highest BCUT2D eigenvalue weighted by molar-refractivity contribution is 5.02. The molecule has 0 saturated heterocycles. The number of aliphatic hydroxyl groups is 2. The molecule has 1 aliphatic carbocycles. The summed E-state index contributed by atoms with van der Waals surface area (Å²) in [5, 5.41) is 18.2. The SMILES string of the molecule is NC1[CH+]C(N)C(O)CC1O. The minimum Gasteiger partial charge on any atom is -0.387 e. The summed E-state index contributed by atoms with van der Waals surface area (Å²) in [5.74, 6) is 0. The zero-order valence-electron chi connectivity index (χ0n) is 5.64. The molecule has 1 saturated carbocycles. The summed E-state index contributed by atoms with van der Waals surface area (Å²) in [6.07, 6.45) is 0.557. The van der Waals surface area contributed by atoms with Crippen molar-refractivity contribution < 1.29 is 10.2 Å². The van der Waals surface area contributed by atoms with Crippen molar-refractivity contribution in [2.75, 3.05) is 0 Å². The lowest BCUT2D eigenvalue weighted by Crippen LogP contribution is -2.52. The molecular formula is C6H13N2O2+. The number of nitrogens with two attached hydrogens (primary N) is 2. The van der Waals surface area contributed by atoms with E-state index in [1.54, 1.807) is 6.42 Å². The minimum absolute atomic E-state index is 0.277. The molecule has 1 rings (SSSR count). The topological polar surface area (TPSA) is 92.5 Å². The van der Waals surface area contributed by atoms with Crippen LogP contribution in [-0.2, 0) is 0 Å². The van der Waals surface area contributed by atoms with E-state index >= 15 is 0 Å². The molecule has 0 aromatic heterocycles. The molecule has 6 N–H and O–H groups in total. The van der Waals surface area contributed by atoms with Crippen molar-refractivity contribution in [3.05, 3.63) is 6.42 Å². The summed E-state index contributed by atoms with van der Waals surface area (Å²) in [5.41, 5.74) is 10.9. The highest BCUT2D eigenvalue weighted by Crippen LogP contribution is 2.15. The van der Waals surface area contributed by atoms with E-state index < -0.39 is 24.3 Å². The van der Waals surface area contributed by atoms with Crippen LogP contribution in [0.3, 0.4) is 0 Å². The Kier molecular flexibility index (Phi) is 2.15. The highest BCUT2D eigenvalue weighted by atomic mass is 16.3. The number of rotatable bonds is 0. The first kappa shape index (κ1) is 7.81. The van der Waals surface area contributed by atoms with Gasteiger partial charge in [-0.3, -0.25) is 11.5 Å². The lowest BCUT2D eigenvalue weighted by atomic mass is 9.87. The molecule has 4 atom stereocenters. The van der Waals surface area contributed by atoms with Gasteiger partial charge in [-0.1, -0.05) is 0 Å². The van der Waals surface area contributed by atoms with Crippen LogP contribution < -0.4 is 11.5 Å². The van der Waals surface area contributed by atoms with Crippen LogP contribution in [0.1, 0.15) is 6.42 Å². The van der Waals surface area contributed by atoms with E-state index in [2.05, 4.69) is 0 Å². The summed E-state index contributed by atoms with van der Waals surface area (Å²) in [7, 11) is 0. The van der Waals surface area contributed by atoms with Crippen LogP contribution in [0.5, 0.6) is 0 Å². The molecule has 0 amide bonds. The zero-order chi connectivity index (χ0) is 7.72. The van der Waals surface area contributed by atoms with Gasteiger partial charge in [-0.05, 0) is 0 Å². The van der Waals surface area contributed by atoms with Crippen LogP contribution in [0.15, 0.2) is 0 Å². The Morgan fingerprint density at radius 1 is 1.10 bits per heavy atom. The van der Waals surface area contributed by atoms with E-state index in [4.69, 9.17) is 21.7 Å². The van der Waals surface area contributed by atoms with Gasteiger partial charge in [0.1, 0.15) is 18.6 Å². The maximum atomic E-state index is 9.09. The third kappa shape index (κ3) is 1.41. The van der Waals surface area contributed by atoms with Gasteiger partial charge in [-0.15, -0.1) is 0 Å². The lowest BCUT2D eigenvalue weighted by Gasteiger charge is -2.25. The van der Waals surface area contributed by atoms with Crippen LogP contribution >= 0.6 is 0 Å². The van der Waals surface area contributed by atoms with Crippen molar-refractivity contribution in [2.45, 2.75) is 30.7 Å². The molecule has 0 spiro atoms. The summed E-state index contributed by atoms with van der Waals surface area (Å²) in [4.78, 5) is 0. The zero-order valence-corrected chi connectivity index (χ0v) is 5.64. The van der Waals surface area contributed by atoms with E-state index in [1.165, 1.54) is 0 Å². The molecule has 58 valence electrons. The second kappa shape index (κ2) is 2.75. The molecule has 1 aliphatic rings. The van der Waals surface area contributed by atoms with E-state index in [0.29, 0.717) is 0 Å². The van der Waals surface area contributed by atoms with E-state index in [9.17, 15) is 0 Å². The van der Waals surface area contributed by atoms with E-state index in [0.717, 1.165) is 0 Å². The first-order chi connectivity index (χ1) is 4.61. The van der Waals surface area contributed by atoms with Gasteiger partial charge in [0.15, 0.2) is 12.1 Å². The van der Waals surface area contributed by atoms with Gasteiger partial charge in [0.05, 0.1) is 0 Å². The number of aliphatic hydroxyl groups excluding tert-OH is 2. The molecule has 0 aromatic carbocycles. The molecular weight excluding hydrogens is 132 g/mol. The maximum absolute atomic E-state index is 9.09. The fraction of sp³-hybridized carbons (Fsp3) is 0.833. The first-order valence-corrected chi connectivity index (χ1v) is 3.33. The van der Waals surface area contributed by atoms with Gasteiger partial charge >= 0.3 is 0 Å². The Bertz CT molecular complexity index is 94.3. The quantitative estimate of drug-likeness (QED) is 0.296. The van der Waals surface area contributed by atoms with Crippen molar-refractivity contribution in [3.63, 3.8) is 0 Å². The van der Waals surface area contributed by atoms with Crippen LogP contribution in [-0.4, -0.2) is 34.5 Å². The predicted octanol–water partition coefficient (Wildman–Crippen LogP) is -2.03. The van der Waals surface area contributed by atoms with Crippen molar-refractivity contribution in [3.8, 4) is 0 Å². The Morgan fingerprint density at radius 3 is 1.80 bits per heavy atom. The van der Waals surface area contributed by atoms with Crippen molar-refractivity contribution in [2.24, 2.45) is 11.5 Å². The predicted molar refractivity (Wildman–Crippen MR) is 36.9 cm³/mol. The normalized spacial score (nSPS) is 48.4. The molecule has 0 radical (unpaired) electrons. The van der Waals surface area contributed by atoms with E-state index in [-0.39, 0.29) is 6.42 Å². The van der Waals surface area contributed by atoms with Gasteiger partial charge < -0.3 is 10.2 Å². The fourth-order valence-electron chi connectivity index (χ4n) is 1.07. The average molecular weight is 145 g/mol. The second-order valence-corrected chi connectivity index (χ2v) is 2.72. The van der Waals surface area contributed by atoms with Gasteiger partial charge in [0.2, 0.25) is 0 Å². The summed E-state index contributed by atoms with van der Waals surface area (Å²) in [6.45, 7) is 0. The highest BCUT2D eigenvalue weighted by Gasteiger charge is 2.38. The summed E-state index contributed by atoms with van der Waals surface area (Å²) >= 11 is 0. The third-order valence-electron chi connectivity index (χ3n) is 1.82. The lowest BCUT2D eigenvalue weighted by molar-refractivity contribution is 0.0367.